The second kappa shape index (κ2) is 4.97. The summed E-state index contributed by atoms with van der Waals surface area (Å²) in [6.45, 7) is 2.04. The molecule has 5 heteroatoms. The van der Waals surface area contributed by atoms with Gasteiger partial charge in [0.05, 0.1) is 24.7 Å². The fourth-order valence-corrected chi connectivity index (χ4v) is 1.50. The van der Waals surface area contributed by atoms with Gasteiger partial charge in [0.25, 0.3) is 0 Å². The van der Waals surface area contributed by atoms with Crippen LogP contribution in [0.1, 0.15) is 18.7 Å². The molecule has 0 saturated heterocycles. The number of nitrogens with one attached hydrogen (secondary N) is 1. The highest BCUT2D eigenvalue weighted by molar-refractivity contribution is 5.38. The average molecular weight is 232 g/mol. The summed E-state index contributed by atoms with van der Waals surface area (Å²) in [5.74, 6) is 0.807. The van der Waals surface area contributed by atoms with Crippen LogP contribution in [0.15, 0.2) is 30.5 Å². The summed E-state index contributed by atoms with van der Waals surface area (Å²) in [5, 5.41) is 11.4. The van der Waals surface area contributed by atoms with E-state index in [-0.39, 0.29) is 6.04 Å². The van der Waals surface area contributed by atoms with E-state index < -0.39 is 0 Å². The molecule has 0 aliphatic heterocycles. The first-order valence-electron chi connectivity index (χ1n) is 5.48. The lowest BCUT2D eigenvalue weighted by molar-refractivity contribution is 0.414. The minimum Gasteiger partial charge on any atom is -0.497 e. The standard InChI is InChI=1S/C12H16N4O/c1-9(13-2)12-8-16(15-14-12)10-5-4-6-11(7-10)17-3/h4-9,13H,1-3H3. The molecule has 0 aliphatic carbocycles. The Bertz CT molecular complexity index is 495. The van der Waals surface area contributed by atoms with Crippen molar-refractivity contribution in [2.45, 2.75) is 13.0 Å². The second-order valence-corrected chi connectivity index (χ2v) is 3.80. The Kier molecular flexibility index (Phi) is 3.39. The summed E-state index contributed by atoms with van der Waals surface area (Å²) in [5.41, 5.74) is 1.85. The first-order valence-corrected chi connectivity index (χ1v) is 5.48. The third-order valence-electron chi connectivity index (χ3n) is 2.71. The molecular formula is C12H16N4O. The smallest absolute Gasteiger partial charge is 0.121 e. The van der Waals surface area contributed by atoms with E-state index >= 15 is 0 Å². The van der Waals surface area contributed by atoms with Gasteiger partial charge in [0.15, 0.2) is 0 Å². The van der Waals surface area contributed by atoms with Crippen molar-refractivity contribution in [1.29, 1.82) is 0 Å². The van der Waals surface area contributed by atoms with E-state index in [1.165, 1.54) is 0 Å². The Balaban J connectivity index is 2.30. The SMILES string of the molecule is CNC(C)c1cn(-c2cccc(OC)c2)nn1. The first-order chi connectivity index (χ1) is 8.24. The quantitative estimate of drug-likeness (QED) is 0.869. The third kappa shape index (κ3) is 2.45. The predicted octanol–water partition coefficient (Wildman–Crippen LogP) is 1.56. The lowest BCUT2D eigenvalue weighted by Crippen LogP contribution is -2.12. The van der Waals surface area contributed by atoms with E-state index in [9.17, 15) is 0 Å². The van der Waals surface area contributed by atoms with E-state index in [1.54, 1.807) is 11.8 Å². The molecule has 90 valence electrons. The summed E-state index contributed by atoms with van der Waals surface area (Å²) < 4.78 is 6.92. The summed E-state index contributed by atoms with van der Waals surface area (Å²) in [7, 11) is 3.55. The van der Waals surface area contributed by atoms with Crippen molar-refractivity contribution in [2.75, 3.05) is 14.2 Å². The van der Waals surface area contributed by atoms with Gasteiger partial charge in [0.1, 0.15) is 5.75 Å². The lowest BCUT2D eigenvalue weighted by Gasteiger charge is -2.04. The molecule has 0 fully saturated rings. The normalized spacial score (nSPS) is 12.4. The van der Waals surface area contributed by atoms with Gasteiger partial charge < -0.3 is 10.1 Å². The highest BCUT2D eigenvalue weighted by Gasteiger charge is 2.08. The fourth-order valence-electron chi connectivity index (χ4n) is 1.50. The number of hydrogen-bond acceptors (Lipinski definition) is 4. The largest absolute Gasteiger partial charge is 0.497 e. The number of nitrogens with zero attached hydrogens (tertiary/aromatic N) is 3. The second-order valence-electron chi connectivity index (χ2n) is 3.80. The first kappa shape index (κ1) is 11.6. The Morgan fingerprint density at radius 1 is 1.41 bits per heavy atom. The van der Waals surface area contributed by atoms with E-state index in [4.69, 9.17) is 4.74 Å². The van der Waals surface area contributed by atoms with Crippen LogP contribution in [-0.2, 0) is 0 Å². The van der Waals surface area contributed by atoms with Crippen LogP contribution < -0.4 is 10.1 Å². The van der Waals surface area contributed by atoms with Crippen LogP contribution in [0.25, 0.3) is 5.69 Å². The molecule has 0 radical (unpaired) electrons. The van der Waals surface area contributed by atoms with Gasteiger partial charge in [-0.3, -0.25) is 0 Å². The van der Waals surface area contributed by atoms with Crippen molar-refractivity contribution in [3.63, 3.8) is 0 Å². The van der Waals surface area contributed by atoms with Gasteiger partial charge in [-0.1, -0.05) is 11.3 Å². The topological polar surface area (TPSA) is 52.0 Å². The third-order valence-corrected chi connectivity index (χ3v) is 2.71. The highest BCUT2D eigenvalue weighted by atomic mass is 16.5. The predicted molar refractivity (Wildman–Crippen MR) is 65.4 cm³/mol. The van der Waals surface area contributed by atoms with Crippen LogP contribution in [-0.4, -0.2) is 29.2 Å². The van der Waals surface area contributed by atoms with Gasteiger partial charge in [0.2, 0.25) is 0 Å². The van der Waals surface area contributed by atoms with Crippen molar-refractivity contribution >= 4 is 0 Å². The van der Waals surface area contributed by atoms with Crippen LogP contribution >= 0.6 is 0 Å². The molecule has 1 heterocycles. The summed E-state index contributed by atoms with van der Waals surface area (Å²) in [6.07, 6.45) is 1.91. The number of ether oxygens (including phenoxy) is 1. The molecule has 2 rings (SSSR count). The van der Waals surface area contributed by atoms with Gasteiger partial charge in [-0.2, -0.15) is 0 Å². The summed E-state index contributed by atoms with van der Waals surface area (Å²) in [4.78, 5) is 0. The van der Waals surface area contributed by atoms with Crippen LogP contribution in [0.4, 0.5) is 0 Å². The molecule has 5 nitrogen and oxygen atoms in total. The highest BCUT2D eigenvalue weighted by Crippen LogP contribution is 2.16. The molecule has 0 amide bonds. The van der Waals surface area contributed by atoms with Crippen molar-refractivity contribution < 1.29 is 4.74 Å². The molecule has 1 atom stereocenters. The van der Waals surface area contributed by atoms with Crippen molar-refractivity contribution in [1.82, 2.24) is 20.3 Å². The monoisotopic (exact) mass is 232 g/mol. The number of methoxy groups -OCH3 is 1. The van der Waals surface area contributed by atoms with Gasteiger partial charge in [-0.15, -0.1) is 5.10 Å². The molecule has 1 aromatic carbocycles. The van der Waals surface area contributed by atoms with E-state index in [0.29, 0.717) is 0 Å². The fraction of sp³-hybridized carbons (Fsp3) is 0.333. The maximum atomic E-state index is 5.18. The van der Waals surface area contributed by atoms with Crippen molar-refractivity contribution in [2.24, 2.45) is 0 Å². The molecular weight excluding hydrogens is 216 g/mol. The summed E-state index contributed by atoms with van der Waals surface area (Å²) >= 11 is 0. The van der Waals surface area contributed by atoms with E-state index in [2.05, 4.69) is 15.6 Å². The molecule has 0 spiro atoms. The van der Waals surface area contributed by atoms with Gasteiger partial charge >= 0.3 is 0 Å². The average Bonchev–Trinajstić information content (AvgIpc) is 2.87. The van der Waals surface area contributed by atoms with Gasteiger partial charge in [-0.05, 0) is 26.1 Å². The number of rotatable bonds is 4. The Hall–Kier alpha value is -1.88. The number of aromatic nitrogens is 3. The molecule has 1 aromatic heterocycles. The van der Waals surface area contributed by atoms with E-state index in [1.807, 2.05) is 44.4 Å². The zero-order valence-corrected chi connectivity index (χ0v) is 10.2. The Morgan fingerprint density at radius 3 is 2.94 bits per heavy atom. The Morgan fingerprint density at radius 2 is 2.24 bits per heavy atom. The van der Waals surface area contributed by atoms with Crippen LogP contribution in [0.5, 0.6) is 5.75 Å². The molecule has 0 saturated carbocycles. The number of hydrogen-bond donors (Lipinski definition) is 1. The molecule has 17 heavy (non-hydrogen) atoms. The van der Waals surface area contributed by atoms with Crippen LogP contribution in [0, 0.1) is 0 Å². The van der Waals surface area contributed by atoms with Crippen molar-refractivity contribution in [3.05, 3.63) is 36.2 Å². The molecule has 2 aromatic rings. The minimum absolute atomic E-state index is 0.189. The summed E-state index contributed by atoms with van der Waals surface area (Å²) in [6, 6.07) is 7.90. The molecule has 0 bridgehead atoms. The zero-order chi connectivity index (χ0) is 12.3. The zero-order valence-electron chi connectivity index (χ0n) is 10.2. The van der Waals surface area contributed by atoms with Gasteiger partial charge in [0, 0.05) is 12.1 Å². The molecule has 1 N–H and O–H groups in total. The van der Waals surface area contributed by atoms with E-state index in [0.717, 1.165) is 17.1 Å². The molecule has 1 unspecified atom stereocenters. The Labute approximate surface area is 100 Å². The lowest BCUT2D eigenvalue weighted by atomic mass is 10.2. The minimum atomic E-state index is 0.189. The number of benzene rings is 1. The van der Waals surface area contributed by atoms with Gasteiger partial charge in [-0.25, -0.2) is 4.68 Å². The van der Waals surface area contributed by atoms with Crippen LogP contribution in [0.2, 0.25) is 0 Å². The van der Waals surface area contributed by atoms with Crippen molar-refractivity contribution in [3.8, 4) is 11.4 Å². The maximum Gasteiger partial charge on any atom is 0.121 e. The molecule has 0 aliphatic rings. The maximum absolute atomic E-state index is 5.18. The van der Waals surface area contributed by atoms with Crippen LogP contribution in [0.3, 0.4) is 0 Å².